The van der Waals surface area contributed by atoms with Crippen LogP contribution in [0.15, 0.2) is 29.8 Å². The lowest BCUT2D eigenvalue weighted by atomic mass is 10.1. The number of anilines is 1. The summed E-state index contributed by atoms with van der Waals surface area (Å²) in [4.78, 5) is 39.0. The van der Waals surface area contributed by atoms with Gasteiger partial charge in [0.2, 0.25) is 0 Å². The minimum atomic E-state index is -0.789. The highest BCUT2D eigenvalue weighted by Gasteiger charge is 2.38. The van der Waals surface area contributed by atoms with Crippen LogP contribution < -0.4 is 10.2 Å². The molecule has 152 valence electrons. The third-order valence-corrected chi connectivity index (χ3v) is 5.43. The summed E-state index contributed by atoms with van der Waals surface area (Å²) in [7, 11) is 0. The summed E-state index contributed by atoms with van der Waals surface area (Å²) < 4.78 is 2.15. The Balaban J connectivity index is 2.11. The van der Waals surface area contributed by atoms with Crippen molar-refractivity contribution >= 4 is 41.2 Å². The molecule has 2 heterocycles. The third kappa shape index (κ3) is 3.60. The number of nitrogens with one attached hydrogen (secondary N) is 1. The lowest BCUT2D eigenvalue weighted by Crippen LogP contribution is -2.54. The average molecular weight is 414 g/mol. The van der Waals surface area contributed by atoms with Gasteiger partial charge in [-0.2, -0.15) is 0 Å². The van der Waals surface area contributed by atoms with Crippen molar-refractivity contribution < 1.29 is 14.4 Å². The van der Waals surface area contributed by atoms with E-state index in [2.05, 4.69) is 30.7 Å². The van der Waals surface area contributed by atoms with Gasteiger partial charge in [0.25, 0.3) is 11.8 Å². The summed E-state index contributed by atoms with van der Waals surface area (Å²) in [6, 6.07) is 6.09. The molecule has 1 aromatic carbocycles. The van der Waals surface area contributed by atoms with Crippen LogP contribution in [0.1, 0.15) is 43.3 Å². The van der Waals surface area contributed by atoms with Gasteiger partial charge in [-0.25, -0.2) is 9.69 Å². The Labute approximate surface area is 175 Å². The fourth-order valence-corrected chi connectivity index (χ4v) is 4.01. The van der Waals surface area contributed by atoms with Crippen LogP contribution in [0.25, 0.3) is 6.08 Å². The van der Waals surface area contributed by atoms with Crippen molar-refractivity contribution in [1.82, 2.24) is 9.88 Å². The van der Waals surface area contributed by atoms with E-state index in [1.165, 1.54) is 0 Å². The van der Waals surface area contributed by atoms with E-state index in [1.807, 2.05) is 19.9 Å². The number of imide groups is 2. The number of hydrogen-bond donors (Lipinski definition) is 1. The predicted molar refractivity (Wildman–Crippen MR) is 114 cm³/mol. The molecule has 7 heteroatoms. The normalized spacial score (nSPS) is 16.6. The third-order valence-electron chi connectivity index (χ3n) is 5.02. The molecule has 1 fully saturated rings. The van der Waals surface area contributed by atoms with Crippen LogP contribution in [-0.4, -0.2) is 22.4 Å². The average Bonchev–Trinajstić information content (AvgIpc) is 2.88. The van der Waals surface area contributed by atoms with Crippen molar-refractivity contribution in [3.8, 4) is 0 Å². The number of benzene rings is 1. The van der Waals surface area contributed by atoms with Crippen LogP contribution in [-0.2, 0) is 15.1 Å². The van der Waals surface area contributed by atoms with E-state index in [0.29, 0.717) is 16.3 Å². The Morgan fingerprint density at radius 2 is 1.72 bits per heavy atom. The lowest BCUT2D eigenvalue weighted by Gasteiger charge is -2.28. The summed E-state index contributed by atoms with van der Waals surface area (Å²) in [6.07, 6.45) is 1.54. The van der Waals surface area contributed by atoms with Crippen LogP contribution in [0.4, 0.5) is 10.5 Å². The number of rotatable bonds is 2. The Hall–Kier alpha value is -2.86. The van der Waals surface area contributed by atoms with Gasteiger partial charge in [-0.05, 0) is 76.9 Å². The van der Waals surface area contributed by atoms with E-state index in [4.69, 9.17) is 11.6 Å². The Morgan fingerprint density at radius 3 is 2.31 bits per heavy atom. The number of aromatic nitrogens is 1. The highest BCUT2D eigenvalue weighted by Crippen LogP contribution is 2.31. The number of urea groups is 1. The maximum absolute atomic E-state index is 13.1. The zero-order valence-electron chi connectivity index (χ0n) is 17.4. The Bertz CT molecular complexity index is 1070. The summed E-state index contributed by atoms with van der Waals surface area (Å²) in [5.41, 5.74) is 3.39. The van der Waals surface area contributed by atoms with Gasteiger partial charge in [0.05, 0.1) is 5.69 Å². The second-order valence-corrected chi connectivity index (χ2v) is 8.58. The van der Waals surface area contributed by atoms with E-state index in [1.54, 1.807) is 31.2 Å². The molecule has 1 aromatic heterocycles. The first-order chi connectivity index (χ1) is 13.4. The minimum absolute atomic E-state index is 0.0989. The SMILES string of the molecule is Cc1c(Cl)cccc1N1C(=O)NC(=O)/C(=C\c2cc(C)n(C(C)(C)C)c2C)C1=O. The largest absolute Gasteiger partial charge is 0.343 e. The highest BCUT2D eigenvalue weighted by atomic mass is 35.5. The molecule has 4 amide bonds. The Morgan fingerprint density at radius 1 is 1.07 bits per heavy atom. The molecule has 1 aliphatic heterocycles. The molecular weight excluding hydrogens is 390 g/mol. The van der Waals surface area contributed by atoms with Crippen LogP contribution in [0.5, 0.6) is 0 Å². The van der Waals surface area contributed by atoms with Gasteiger partial charge in [0.1, 0.15) is 5.57 Å². The van der Waals surface area contributed by atoms with Crippen LogP contribution in [0, 0.1) is 20.8 Å². The maximum atomic E-state index is 13.1. The van der Waals surface area contributed by atoms with E-state index < -0.39 is 17.8 Å². The molecule has 2 aromatic rings. The van der Waals surface area contributed by atoms with Crippen LogP contribution >= 0.6 is 11.6 Å². The minimum Gasteiger partial charge on any atom is -0.343 e. The number of amides is 4. The topological polar surface area (TPSA) is 71.4 Å². The summed E-state index contributed by atoms with van der Waals surface area (Å²) in [6.45, 7) is 11.9. The monoisotopic (exact) mass is 413 g/mol. The quantitative estimate of drug-likeness (QED) is 0.582. The van der Waals surface area contributed by atoms with Crippen LogP contribution in [0.3, 0.4) is 0 Å². The van der Waals surface area contributed by atoms with Crippen molar-refractivity contribution in [1.29, 1.82) is 0 Å². The van der Waals surface area contributed by atoms with Gasteiger partial charge in [0.15, 0.2) is 0 Å². The zero-order chi connectivity index (χ0) is 21.7. The van der Waals surface area contributed by atoms with Gasteiger partial charge in [-0.15, -0.1) is 0 Å². The van der Waals surface area contributed by atoms with Gasteiger partial charge in [0, 0.05) is 21.9 Å². The summed E-state index contributed by atoms with van der Waals surface area (Å²) >= 11 is 6.15. The number of barbiturate groups is 1. The van der Waals surface area contributed by atoms with Gasteiger partial charge in [-0.1, -0.05) is 17.7 Å². The van der Waals surface area contributed by atoms with Gasteiger partial charge >= 0.3 is 6.03 Å². The van der Waals surface area contributed by atoms with Gasteiger partial charge in [-0.3, -0.25) is 14.9 Å². The fourth-order valence-electron chi connectivity index (χ4n) is 3.84. The summed E-state index contributed by atoms with van der Waals surface area (Å²) in [5, 5.41) is 2.69. The molecule has 0 spiro atoms. The second kappa shape index (κ2) is 7.19. The number of hydrogen-bond acceptors (Lipinski definition) is 3. The molecule has 0 unspecified atom stereocenters. The van der Waals surface area contributed by atoms with Crippen molar-refractivity contribution in [2.24, 2.45) is 0 Å². The van der Waals surface area contributed by atoms with E-state index >= 15 is 0 Å². The van der Waals surface area contributed by atoms with Crippen LogP contribution in [0.2, 0.25) is 5.02 Å². The molecule has 0 radical (unpaired) electrons. The van der Waals surface area contributed by atoms with E-state index in [0.717, 1.165) is 21.9 Å². The lowest BCUT2D eigenvalue weighted by molar-refractivity contribution is -0.122. The molecule has 6 nitrogen and oxygen atoms in total. The molecular formula is C22H24ClN3O3. The number of halogens is 1. The molecule has 0 atom stereocenters. The first-order valence-corrected chi connectivity index (χ1v) is 9.67. The molecule has 0 bridgehead atoms. The second-order valence-electron chi connectivity index (χ2n) is 8.17. The first kappa shape index (κ1) is 20.9. The molecule has 29 heavy (non-hydrogen) atoms. The summed E-state index contributed by atoms with van der Waals surface area (Å²) in [5.74, 6) is -1.39. The number of nitrogens with zero attached hydrogens (tertiary/aromatic N) is 2. The molecule has 1 saturated heterocycles. The van der Waals surface area contributed by atoms with Crippen molar-refractivity contribution in [3.05, 3.63) is 57.4 Å². The zero-order valence-corrected chi connectivity index (χ0v) is 18.1. The number of carbonyl (C=O) groups is 3. The van der Waals surface area contributed by atoms with E-state index in [-0.39, 0.29) is 11.1 Å². The molecule has 3 rings (SSSR count). The predicted octanol–water partition coefficient (Wildman–Crippen LogP) is 4.49. The molecule has 1 aliphatic rings. The number of aryl methyl sites for hydroxylation is 1. The van der Waals surface area contributed by atoms with Crippen molar-refractivity contribution in [3.63, 3.8) is 0 Å². The maximum Gasteiger partial charge on any atom is 0.335 e. The van der Waals surface area contributed by atoms with Crippen molar-refractivity contribution in [2.75, 3.05) is 4.90 Å². The highest BCUT2D eigenvalue weighted by molar-refractivity contribution is 6.40. The first-order valence-electron chi connectivity index (χ1n) is 9.29. The van der Waals surface area contributed by atoms with E-state index in [9.17, 15) is 14.4 Å². The molecule has 0 aliphatic carbocycles. The standard InChI is InChI=1S/C22H24ClN3O3/c1-12-10-15(14(3)26(12)22(4,5)6)11-16-19(27)24-21(29)25(20(16)28)18-9-7-8-17(23)13(18)2/h7-11H,1-6H3,(H,24,27,29)/b16-11+. The fraction of sp³-hybridized carbons (Fsp3) is 0.318. The Kier molecular flexibility index (Phi) is 5.17. The number of carbonyl (C=O) groups excluding carboxylic acids is 3. The molecule has 1 N–H and O–H groups in total. The molecule has 0 saturated carbocycles. The van der Waals surface area contributed by atoms with Crippen molar-refractivity contribution in [2.45, 2.75) is 47.1 Å². The smallest absolute Gasteiger partial charge is 0.335 e. The van der Waals surface area contributed by atoms with Gasteiger partial charge < -0.3 is 4.57 Å².